The van der Waals surface area contributed by atoms with E-state index in [4.69, 9.17) is 9.31 Å². The van der Waals surface area contributed by atoms with Crippen molar-refractivity contribution in [3.05, 3.63) is 24.0 Å². The fourth-order valence-electron chi connectivity index (χ4n) is 1.85. The number of benzene rings is 1. The van der Waals surface area contributed by atoms with Gasteiger partial charge in [0.25, 0.3) is 0 Å². The average Bonchev–Trinajstić information content (AvgIpc) is 2.48. The smallest absolute Gasteiger partial charge is 0.399 e. The molecule has 0 atom stereocenters. The van der Waals surface area contributed by atoms with Crippen molar-refractivity contribution in [1.29, 1.82) is 0 Å². The van der Waals surface area contributed by atoms with Crippen LogP contribution in [0.1, 0.15) is 27.7 Å². The van der Waals surface area contributed by atoms with Crippen molar-refractivity contribution in [3.8, 4) is 0 Å². The van der Waals surface area contributed by atoms with Gasteiger partial charge in [-0.15, -0.1) is 0 Å². The van der Waals surface area contributed by atoms with Crippen LogP contribution in [0.15, 0.2) is 23.1 Å². The van der Waals surface area contributed by atoms with E-state index in [-0.39, 0.29) is 5.82 Å². The predicted octanol–water partition coefficient (Wildman–Crippen LogP) is 2.35. The normalized spacial score (nSPS) is 20.8. The van der Waals surface area contributed by atoms with Gasteiger partial charge in [0.1, 0.15) is 5.82 Å². The molecule has 1 fully saturated rings. The van der Waals surface area contributed by atoms with Gasteiger partial charge in [-0.25, -0.2) is 4.39 Å². The fraction of sp³-hybridized carbons (Fsp3) is 0.538. The van der Waals surface area contributed by atoms with Gasteiger partial charge >= 0.3 is 7.12 Å². The molecule has 3 nitrogen and oxygen atoms in total. The van der Waals surface area contributed by atoms with Crippen LogP contribution in [-0.4, -0.2) is 25.4 Å². The number of rotatable bonds is 3. The molecule has 6 heteroatoms. The molecule has 1 N–H and O–H groups in total. The highest BCUT2D eigenvalue weighted by Crippen LogP contribution is 2.36. The molecular weight excluding hydrogens is 264 g/mol. The highest BCUT2D eigenvalue weighted by Gasteiger charge is 2.52. The van der Waals surface area contributed by atoms with Crippen LogP contribution in [0.25, 0.3) is 0 Å². The number of nitrogens with one attached hydrogen (secondary N) is 1. The summed E-state index contributed by atoms with van der Waals surface area (Å²) in [5.74, 6) is -0.307. The second kappa shape index (κ2) is 5.09. The van der Waals surface area contributed by atoms with Gasteiger partial charge in [-0.05, 0) is 58.8 Å². The van der Waals surface area contributed by atoms with Crippen LogP contribution in [0.5, 0.6) is 0 Å². The van der Waals surface area contributed by atoms with Gasteiger partial charge in [-0.3, -0.25) is 4.72 Å². The summed E-state index contributed by atoms with van der Waals surface area (Å²) in [6, 6.07) is 5.06. The summed E-state index contributed by atoms with van der Waals surface area (Å²) in [6.45, 7) is 7.82. The molecule has 0 unspecified atom stereocenters. The molecule has 0 saturated carbocycles. The summed E-state index contributed by atoms with van der Waals surface area (Å²) in [7, 11) is 1.14. The Balaban J connectivity index is 2.25. The van der Waals surface area contributed by atoms with Gasteiger partial charge < -0.3 is 9.31 Å². The molecule has 0 amide bonds. The van der Waals surface area contributed by atoms with Crippen LogP contribution in [-0.2, 0) is 9.31 Å². The van der Waals surface area contributed by atoms with Gasteiger partial charge in [0.15, 0.2) is 0 Å². The third-order valence-electron chi connectivity index (χ3n) is 3.70. The Bertz CT molecular complexity index is 466. The maximum absolute atomic E-state index is 14.1. The standard InChI is InChI=1S/C13H19BFNO2S/c1-12(2)13(3,4)18-14(17-12)10-7-6-9(19-16-5)8-11(10)15/h6-8,16H,1-5H3. The van der Waals surface area contributed by atoms with Crippen molar-refractivity contribution in [2.45, 2.75) is 43.8 Å². The highest BCUT2D eigenvalue weighted by molar-refractivity contribution is 7.97. The van der Waals surface area contributed by atoms with Crippen LogP contribution >= 0.6 is 11.9 Å². The van der Waals surface area contributed by atoms with Crippen molar-refractivity contribution in [3.63, 3.8) is 0 Å². The van der Waals surface area contributed by atoms with E-state index in [2.05, 4.69) is 4.72 Å². The molecule has 0 bridgehead atoms. The first kappa shape index (κ1) is 14.8. The number of halogens is 1. The van der Waals surface area contributed by atoms with Crippen molar-refractivity contribution in [2.24, 2.45) is 0 Å². The van der Waals surface area contributed by atoms with E-state index in [0.29, 0.717) is 5.46 Å². The van der Waals surface area contributed by atoms with Crippen LogP contribution in [0.2, 0.25) is 0 Å². The van der Waals surface area contributed by atoms with Gasteiger partial charge in [0.2, 0.25) is 0 Å². The zero-order valence-corrected chi connectivity index (χ0v) is 12.7. The quantitative estimate of drug-likeness (QED) is 0.681. The Morgan fingerprint density at radius 1 is 1.16 bits per heavy atom. The Morgan fingerprint density at radius 3 is 2.21 bits per heavy atom. The molecule has 1 aliphatic rings. The number of hydrogen-bond acceptors (Lipinski definition) is 4. The largest absolute Gasteiger partial charge is 0.497 e. The lowest BCUT2D eigenvalue weighted by Crippen LogP contribution is -2.41. The molecule has 1 heterocycles. The zero-order chi connectivity index (χ0) is 14.3. The maximum atomic E-state index is 14.1. The second-order valence-electron chi connectivity index (χ2n) is 5.58. The van der Waals surface area contributed by atoms with E-state index in [1.807, 2.05) is 33.8 Å². The molecule has 0 radical (unpaired) electrons. The van der Waals surface area contributed by atoms with E-state index in [0.717, 1.165) is 4.90 Å². The lowest BCUT2D eigenvalue weighted by Gasteiger charge is -2.32. The van der Waals surface area contributed by atoms with Crippen molar-refractivity contribution in [2.75, 3.05) is 7.05 Å². The summed E-state index contributed by atoms with van der Waals surface area (Å²) in [5, 5.41) is 0. The van der Waals surface area contributed by atoms with Gasteiger partial charge in [-0.2, -0.15) is 0 Å². The summed E-state index contributed by atoms with van der Waals surface area (Å²) in [6.07, 6.45) is 0. The molecule has 2 rings (SSSR count). The number of hydrogen-bond donors (Lipinski definition) is 1. The molecule has 104 valence electrons. The molecule has 0 spiro atoms. The molecule has 1 aromatic rings. The molecule has 0 aromatic heterocycles. The minimum Gasteiger partial charge on any atom is -0.399 e. The first-order chi connectivity index (χ1) is 8.77. The molecule has 1 aromatic carbocycles. The lowest BCUT2D eigenvalue weighted by atomic mass is 9.79. The first-order valence-electron chi connectivity index (χ1n) is 6.25. The van der Waals surface area contributed by atoms with Gasteiger partial charge in [-0.1, -0.05) is 6.07 Å². The molecule has 1 aliphatic heterocycles. The Hall–Kier alpha value is -0.555. The van der Waals surface area contributed by atoms with Crippen molar-refractivity contribution < 1.29 is 13.7 Å². The van der Waals surface area contributed by atoms with E-state index in [9.17, 15) is 4.39 Å². The molecule has 19 heavy (non-hydrogen) atoms. The topological polar surface area (TPSA) is 30.5 Å². The van der Waals surface area contributed by atoms with E-state index < -0.39 is 18.3 Å². The predicted molar refractivity (Wildman–Crippen MR) is 77.0 cm³/mol. The van der Waals surface area contributed by atoms with Gasteiger partial charge in [0, 0.05) is 10.4 Å². The summed E-state index contributed by atoms with van der Waals surface area (Å²) in [5.41, 5.74) is -0.468. The van der Waals surface area contributed by atoms with Crippen LogP contribution < -0.4 is 10.2 Å². The summed E-state index contributed by atoms with van der Waals surface area (Å²) in [4.78, 5) is 0.820. The van der Waals surface area contributed by atoms with E-state index >= 15 is 0 Å². The highest BCUT2D eigenvalue weighted by atomic mass is 32.2. The van der Waals surface area contributed by atoms with Crippen LogP contribution in [0, 0.1) is 5.82 Å². The lowest BCUT2D eigenvalue weighted by molar-refractivity contribution is 0.00578. The summed E-state index contributed by atoms with van der Waals surface area (Å²) >= 11 is 1.37. The van der Waals surface area contributed by atoms with Crippen molar-refractivity contribution >= 4 is 24.5 Å². The van der Waals surface area contributed by atoms with Crippen LogP contribution in [0.3, 0.4) is 0 Å². The average molecular weight is 283 g/mol. The first-order valence-corrected chi connectivity index (χ1v) is 7.07. The Labute approximate surface area is 118 Å². The summed E-state index contributed by atoms with van der Waals surface area (Å²) < 4.78 is 28.7. The van der Waals surface area contributed by atoms with Gasteiger partial charge in [0.05, 0.1) is 11.2 Å². The minimum absolute atomic E-state index is 0.307. The monoisotopic (exact) mass is 283 g/mol. The molecule has 0 aliphatic carbocycles. The minimum atomic E-state index is -0.654. The molecular formula is C13H19BFNO2S. The maximum Gasteiger partial charge on any atom is 0.497 e. The van der Waals surface area contributed by atoms with E-state index in [1.165, 1.54) is 18.0 Å². The second-order valence-corrected chi connectivity index (χ2v) is 6.66. The van der Waals surface area contributed by atoms with Crippen molar-refractivity contribution in [1.82, 2.24) is 4.72 Å². The Morgan fingerprint density at radius 2 is 1.74 bits per heavy atom. The zero-order valence-electron chi connectivity index (χ0n) is 11.9. The third-order valence-corrected chi connectivity index (χ3v) is 4.39. The third kappa shape index (κ3) is 2.82. The Kier molecular flexibility index (Phi) is 3.98. The SMILES string of the molecule is CNSc1ccc(B2OC(C)(C)C(C)(C)O2)c(F)c1. The molecule has 1 saturated heterocycles. The fourth-order valence-corrected chi connectivity index (χ4v) is 2.38. The van der Waals surface area contributed by atoms with E-state index in [1.54, 1.807) is 13.1 Å². The van der Waals surface area contributed by atoms with Crippen LogP contribution in [0.4, 0.5) is 4.39 Å².